The zero-order valence-electron chi connectivity index (χ0n) is 8.84. The summed E-state index contributed by atoms with van der Waals surface area (Å²) in [5.41, 5.74) is 0. The highest BCUT2D eigenvalue weighted by atomic mass is 15.0. The molecule has 1 nitrogen and oxygen atoms in total. The maximum atomic E-state index is 2.26. The van der Waals surface area contributed by atoms with Crippen molar-refractivity contribution in [1.82, 2.24) is 4.90 Å². The predicted molar refractivity (Wildman–Crippen MR) is 56.5 cm³/mol. The van der Waals surface area contributed by atoms with Crippen LogP contribution in [0.15, 0.2) is 12.2 Å². The molecule has 0 radical (unpaired) electrons. The molecule has 0 N–H and O–H groups in total. The minimum Gasteiger partial charge on any atom is -0.309 e. The second-order valence-electron chi connectivity index (χ2n) is 3.58. The van der Waals surface area contributed by atoms with Gasteiger partial charge in [0, 0.05) is 0 Å². The average Bonchev–Trinajstić information content (AvgIpc) is 2.02. The third-order valence-corrected chi connectivity index (χ3v) is 1.96. The Morgan fingerprint density at radius 3 is 2.25 bits per heavy atom. The number of rotatable bonds is 7. The summed E-state index contributed by atoms with van der Waals surface area (Å²) in [4.78, 5) is 2.26. The molecule has 0 bridgehead atoms. The number of allylic oxidation sites excluding steroid dienone is 2. The van der Waals surface area contributed by atoms with Crippen LogP contribution >= 0.6 is 0 Å². The van der Waals surface area contributed by atoms with Crippen LogP contribution in [0.5, 0.6) is 0 Å². The van der Waals surface area contributed by atoms with E-state index in [-0.39, 0.29) is 0 Å². The topological polar surface area (TPSA) is 3.24 Å². The van der Waals surface area contributed by atoms with Gasteiger partial charge in [-0.1, -0.05) is 25.0 Å². The maximum absolute atomic E-state index is 2.26. The maximum Gasteiger partial charge on any atom is -0.00248 e. The van der Waals surface area contributed by atoms with E-state index in [1.807, 2.05) is 0 Å². The van der Waals surface area contributed by atoms with Crippen LogP contribution in [0.4, 0.5) is 0 Å². The van der Waals surface area contributed by atoms with E-state index in [0.29, 0.717) is 0 Å². The van der Waals surface area contributed by atoms with Gasteiger partial charge in [-0.25, -0.2) is 0 Å². The van der Waals surface area contributed by atoms with Crippen molar-refractivity contribution in [3.05, 3.63) is 12.2 Å². The first-order valence-electron chi connectivity index (χ1n) is 5.03. The number of hydrogen-bond acceptors (Lipinski definition) is 1. The molecule has 0 spiro atoms. The lowest BCUT2D eigenvalue weighted by atomic mass is 10.1. The van der Waals surface area contributed by atoms with Crippen LogP contribution in [0.2, 0.25) is 0 Å². The van der Waals surface area contributed by atoms with Crippen molar-refractivity contribution in [2.45, 2.75) is 39.0 Å². The summed E-state index contributed by atoms with van der Waals surface area (Å²) >= 11 is 0. The number of unbranched alkanes of at least 4 members (excludes halogenated alkanes) is 4. The molecule has 0 saturated carbocycles. The molecule has 0 fully saturated rings. The van der Waals surface area contributed by atoms with Gasteiger partial charge in [0.05, 0.1) is 0 Å². The average molecular weight is 169 g/mol. The van der Waals surface area contributed by atoms with Gasteiger partial charge in [-0.3, -0.25) is 0 Å². The molecule has 0 aliphatic carbocycles. The van der Waals surface area contributed by atoms with Crippen LogP contribution in [-0.2, 0) is 0 Å². The Balaban J connectivity index is 2.91. The summed E-state index contributed by atoms with van der Waals surface area (Å²) in [5.74, 6) is 0. The Labute approximate surface area is 77.5 Å². The minimum atomic E-state index is 1.24. The molecule has 0 atom stereocenters. The first-order chi connectivity index (χ1) is 5.77. The Hall–Kier alpha value is -0.300. The second-order valence-corrected chi connectivity index (χ2v) is 3.58. The van der Waals surface area contributed by atoms with Crippen LogP contribution < -0.4 is 0 Å². The molecular formula is C11H23N. The Morgan fingerprint density at radius 2 is 1.67 bits per heavy atom. The van der Waals surface area contributed by atoms with Crippen molar-refractivity contribution in [3.63, 3.8) is 0 Å². The van der Waals surface area contributed by atoms with E-state index in [9.17, 15) is 0 Å². The molecule has 0 aliphatic heterocycles. The van der Waals surface area contributed by atoms with Gasteiger partial charge in [-0.15, -0.1) is 0 Å². The summed E-state index contributed by atoms with van der Waals surface area (Å²) in [7, 11) is 4.28. The van der Waals surface area contributed by atoms with Crippen molar-refractivity contribution >= 4 is 0 Å². The molecule has 0 aliphatic rings. The summed E-state index contributed by atoms with van der Waals surface area (Å²) in [6.45, 7) is 3.33. The fraction of sp³-hybridized carbons (Fsp3) is 0.818. The lowest BCUT2D eigenvalue weighted by Crippen LogP contribution is -2.12. The number of hydrogen-bond donors (Lipinski definition) is 0. The zero-order chi connectivity index (χ0) is 9.23. The van der Waals surface area contributed by atoms with Gasteiger partial charge in [0.1, 0.15) is 0 Å². The van der Waals surface area contributed by atoms with E-state index < -0.39 is 0 Å². The van der Waals surface area contributed by atoms with E-state index in [4.69, 9.17) is 0 Å². The lowest BCUT2D eigenvalue weighted by molar-refractivity contribution is 0.390. The van der Waals surface area contributed by atoms with Gasteiger partial charge in [0.2, 0.25) is 0 Å². The molecule has 0 aromatic carbocycles. The van der Waals surface area contributed by atoms with Crippen LogP contribution in [0, 0.1) is 0 Å². The van der Waals surface area contributed by atoms with Crippen molar-refractivity contribution < 1.29 is 0 Å². The van der Waals surface area contributed by atoms with Gasteiger partial charge < -0.3 is 4.90 Å². The molecule has 0 amide bonds. The van der Waals surface area contributed by atoms with Crippen molar-refractivity contribution in [1.29, 1.82) is 0 Å². The van der Waals surface area contributed by atoms with Gasteiger partial charge >= 0.3 is 0 Å². The third-order valence-electron chi connectivity index (χ3n) is 1.96. The molecule has 0 heterocycles. The van der Waals surface area contributed by atoms with E-state index in [1.165, 1.54) is 38.6 Å². The molecule has 0 saturated heterocycles. The molecule has 72 valence electrons. The molecule has 0 unspecified atom stereocenters. The van der Waals surface area contributed by atoms with Gasteiger partial charge in [-0.2, -0.15) is 0 Å². The second kappa shape index (κ2) is 8.79. The first-order valence-corrected chi connectivity index (χ1v) is 5.03. The fourth-order valence-electron chi connectivity index (χ4n) is 1.21. The SMILES string of the molecule is CC=CCCCCCCN(C)C. The smallest absolute Gasteiger partial charge is 0.00248 e. The van der Waals surface area contributed by atoms with E-state index >= 15 is 0 Å². The fourth-order valence-corrected chi connectivity index (χ4v) is 1.21. The van der Waals surface area contributed by atoms with Crippen LogP contribution in [0.25, 0.3) is 0 Å². The third kappa shape index (κ3) is 9.70. The normalized spacial score (nSPS) is 11.7. The Morgan fingerprint density at radius 1 is 1.00 bits per heavy atom. The highest BCUT2D eigenvalue weighted by molar-refractivity contribution is 4.76. The van der Waals surface area contributed by atoms with Gasteiger partial charge in [-0.05, 0) is 46.8 Å². The molecule has 0 rings (SSSR count). The summed E-state index contributed by atoms with van der Waals surface area (Å²) in [5, 5.41) is 0. The van der Waals surface area contributed by atoms with Crippen molar-refractivity contribution in [3.8, 4) is 0 Å². The van der Waals surface area contributed by atoms with Crippen LogP contribution in [0.1, 0.15) is 39.0 Å². The summed E-state index contributed by atoms with van der Waals surface area (Å²) in [6.07, 6.45) is 11.1. The van der Waals surface area contributed by atoms with Crippen molar-refractivity contribution in [2.75, 3.05) is 20.6 Å². The monoisotopic (exact) mass is 169 g/mol. The van der Waals surface area contributed by atoms with Crippen LogP contribution in [-0.4, -0.2) is 25.5 Å². The molecule has 12 heavy (non-hydrogen) atoms. The lowest BCUT2D eigenvalue weighted by Gasteiger charge is -2.07. The zero-order valence-corrected chi connectivity index (χ0v) is 8.84. The molecular weight excluding hydrogens is 146 g/mol. The van der Waals surface area contributed by atoms with Gasteiger partial charge in [0.25, 0.3) is 0 Å². The molecule has 1 heteroatoms. The summed E-state index contributed by atoms with van der Waals surface area (Å²) < 4.78 is 0. The van der Waals surface area contributed by atoms with E-state index in [2.05, 4.69) is 38.1 Å². The van der Waals surface area contributed by atoms with E-state index in [0.717, 1.165) is 0 Å². The summed E-state index contributed by atoms with van der Waals surface area (Å²) in [6, 6.07) is 0. The predicted octanol–water partition coefficient (Wildman–Crippen LogP) is 3.07. The highest BCUT2D eigenvalue weighted by Gasteiger charge is 1.90. The standard InChI is InChI=1S/C11H23N/c1-4-5-6-7-8-9-10-11-12(2)3/h4-5H,6-11H2,1-3H3. The van der Waals surface area contributed by atoms with Crippen molar-refractivity contribution in [2.24, 2.45) is 0 Å². The van der Waals surface area contributed by atoms with Crippen LogP contribution in [0.3, 0.4) is 0 Å². The first kappa shape index (κ1) is 11.7. The largest absolute Gasteiger partial charge is 0.309 e. The Bertz CT molecular complexity index is 106. The molecule has 0 aromatic rings. The van der Waals surface area contributed by atoms with Gasteiger partial charge in [0.15, 0.2) is 0 Å². The molecule has 0 aromatic heterocycles. The Kier molecular flexibility index (Phi) is 8.57. The van der Waals surface area contributed by atoms with E-state index in [1.54, 1.807) is 0 Å². The quantitative estimate of drug-likeness (QED) is 0.418. The number of nitrogens with zero attached hydrogens (tertiary/aromatic N) is 1. The minimum absolute atomic E-state index is 1.24. The highest BCUT2D eigenvalue weighted by Crippen LogP contribution is 2.03.